The minimum Gasteiger partial charge on any atom is -0.381 e. The molecule has 0 bridgehead atoms. The van der Waals surface area contributed by atoms with Gasteiger partial charge < -0.3 is 10.1 Å². The molecule has 1 aromatic heterocycles. The zero-order valence-electron chi connectivity index (χ0n) is 11.9. The van der Waals surface area contributed by atoms with E-state index in [9.17, 15) is 4.79 Å². The summed E-state index contributed by atoms with van der Waals surface area (Å²) in [5.41, 5.74) is -0.199. The average Bonchev–Trinajstić information content (AvgIpc) is 3.07. The second-order valence-corrected chi connectivity index (χ2v) is 6.11. The Labute approximate surface area is 119 Å². The maximum atomic E-state index is 12.3. The van der Waals surface area contributed by atoms with Crippen LogP contribution in [0.4, 0.5) is 0 Å². The van der Waals surface area contributed by atoms with Crippen LogP contribution in [0.25, 0.3) is 0 Å². The van der Waals surface area contributed by atoms with E-state index in [1.54, 1.807) is 6.20 Å². The highest BCUT2D eigenvalue weighted by molar-refractivity contribution is 5.85. The number of nitrogens with one attached hydrogen (secondary N) is 1. The second kappa shape index (κ2) is 5.95. The highest BCUT2D eigenvalue weighted by atomic mass is 16.5. The van der Waals surface area contributed by atoms with E-state index in [0.717, 1.165) is 45.4 Å². The van der Waals surface area contributed by atoms with E-state index in [0.29, 0.717) is 12.5 Å². The Morgan fingerprint density at radius 2 is 2.40 bits per heavy atom. The van der Waals surface area contributed by atoms with Crippen molar-refractivity contribution >= 4 is 5.91 Å². The number of nitrogens with zero attached hydrogens (tertiary/aromatic N) is 2. The van der Waals surface area contributed by atoms with Gasteiger partial charge in [-0.25, -0.2) is 0 Å². The van der Waals surface area contributed by atoms with E-state index in [1.165, 1.54) is 6.42 Å². The van der Waals surface area contributed by atoms with Gasteiger partial charge in [0.15, 0.2) is 0 Å². The molecule has 0 radical (unpaired) electrons. The smallest absolute Gasteiger partial charge is 0.228 e. The van der Waals surface area contributed by atoms with Crippen LogP contribution in [-0.2, 0) is 16.1 Å². The lowest BCUT2D eigenvalue weighted by atomic mass is 9.98. The Hall–Kier alpha value is -1.36. The molecular formula is C15H23N3O2. The number of carbonyl (C=O) groups is 1. The van der Waals surface area contributed by atoms with Crippen LogP contribution in [0.3, 0.4) is 0 Å². The molecule has 20 heavy (non-hydrogen) atoms. The summed E-state index contributed by atoms with van der Waals surface area (Å²) in [4.78, 5) is 12.3. The molecule has 1 amide bonds. The van der Waals surface area contributed by atoms with Crippen molar-refractivity contribution in [1.82, 2.24) is 15.1 Å². The number of rotatable bonds is 6. The number of ether oxygens (including phenoxy) is 1. The topological polar surface area (TPSA) is 56.1 Å². The summed E-state index contributed by atoms with van der Waals surface area (Å²) in [6, 6.07) is 1.90. The van der Waals surface area contributed by atoms with Crippen molar-refractivity contribution < 1.29 is 9.53 Å². The molecule has 1 unspecified atom stereocenters. The van der Waals surface area contributed by atoms with Gasteiger partial charge in [-0.1, -0.05) is 0 Å². The Morgan fingerprint density at radius 3 is 3.05 bits per heavy atom. The first kappa shape index (κ1) is 13.6. The minimum atomic E-state index is -0.199. The van der Waals surface area contributed by atoms with Gasteiger partial charge in [-0.15, -0.1) is 0 Å². The molecule has 1 aliphatic heterocycles. The first-order valence-electron chi connectivity index (χ1n) is 7.62. The zero-order chi connectivity index (χ0) is 13.8. The number of aromatic nitrogens is 2. The van der Waals surface area contributed by atoms with Crippen molar-refractivity contribution in [2.45, 2.75) is 38.6 Å². The Morgan fingerprint density at radius 1 is 1.50 bits per heavy atom. The van der Waals surface area contributed by atoms with E-state index in [4.69, 9.17) is 4.74 Å². The van der Waals surface area contributed by atoms with Gasteiger partial charge in [0.1, 0.15) is 0 Å². The van der Waals surface area contributed by atoms with E-state index >= 15 is 0 Å². The molecule has 5 nitrogen and oxygen atoms in total. The summed E-state index contributed by atoms with van der Waals surface area (Å²) in [5.74, 6) is 0.815. The van der Waals surface area contributed by atoms with E-state index < -0.39 is 0 Å². The molecule has 0 spiro atoms. The minimum absolute atomic E-state index is 0.199. The Kier molecular flexibility index (Phi) is 4.05. The molecule has 5 heteroatoms. The van der Waals surface area contributed by atoms with Crippen molar-refractivity contribution in [2.75, 3.05) is 19.8 Å². The van der Waals surface area contributed by atoms with Gasteiger partial charge in [0, 0.05) is 32.2 Å². The van der Waals surface area contributed by atoms with Crippen LogP contribution in [-0.4, -0.2) is 35.4 Å². The SMILES string of the molecule is O=C(NCCC1CCCOC1)C1(Cn2cccn2)CC1. The van der Waals surface area contributed by atoms with Crippen molar-refractivity contribution in [3.8, 4) is 0 Å². The molecule has 1 atom stereocenters. The van der Waals surface area contributed by atoms with Crippen LogP contribution in [0.2, 0.25) is 0 Å². The fourth-order valence-corrected chi connectivity index (χ4v) is 2.92. The number of amides is 1. The van der Waals surface area contributed by atoms with E-state index in [-0.39, 0.29) is 11.3 Å². The lowest BCUT2D eigenvalue weighted by molar-refractivity contribution is -0.127. The maximum Gasteiger partial charge on any atom is 0.228 e. The van der Waals surface area contributed by atoms with Crippen molar-refractivity contribution in [3.05, 3.63) is 18.5 Å². The van der Waals surface area contributed by atoms with Gasteiger partial charge >= 0.3 is 0 Å². The van der Waals surface area contributed by atoms with Gasteiger partial charge in [-0.2, -0.15) is 5.10 Å². The quantitative estimate of drug-likeness (QED) is 0.859. The van der Waals surface area contributed by atoms with E-state index in [1.807, 2.05) is 16.9 Å². The summed E-state index contributed by atoms with van der Waals surface area (Å²) in [6.07, 6.45) is 9.06. The molecular weight excluding hydrogens is 254 g/mol. The third-order valence-corrected chi connectivity index (χ3v) is 4.45. The lowest BCUT2D eigenvalue weighted by Gasteiger charge is -2.22. The highest BCUT2D eigenvalue weighted by Crippen LogP contribution is 2.47. The molecule has 1 aromatic rings. The summed E-state index contributed by atoms with van der Waals surface area (Å²) in [7, 11) is 0. The molecule has 1 saturated carbocycles. The highest BCUT2D eigenvalue weighted by Gasteiger charge is 2.50. The first-order chi connectivity index (χ1) is 9.78. The van der Waals surface area contributed by atoms with Crippen LogP contribution >= 0.6 is 0 Å². The summed E-state index contributed by atoms with van der Waals surface area (Å²) in [6.45, 7) is 3.23. The third kappa shape index (κ3) is 3.20. The zero-order valence-corrected chi connectivity index (χ0v) is 11.9. The molecule has 2 aliphatic rings. The average molecular weight is 277 g/mol. The fraction of sp³-hybridized carbons (Fsp3) is 0.733. The third-order valence-electron chi connectivity index (χ3n) is 4.45. The molecule has 2 heterocycles. The monoisotopic (exact) mass is 277 g/mol. The van der Waals surface area contributed by atoms with Gasteiger partial charge in [0.05, 0.1) is 12.0 Å². The van der Waals surface area contributed by atoms with Crippen molar-refractivity contribution in [2.24, 2.45) is 11.3 Å². The van der Waals surface area contributed by atoms with Crippen LogP contribution in [0, 0.1) is 11.3 Å². The second-order valence-electron chi connectivity index (χ2n) is 6.11. The standard InChI is InChI=1S/C15H23N3O2/c19-14(16-8-4-13-3-1-10-20-11-13)15(5-6-15)12-18-9-2-7-17-18/h2,7,9,13H,1,3-6,8,10-12H2,(H,16,19). The Balaban J connectivity index is 1.42. The maximum absolute atomic E-state index is 12.3. The van der Waals surface area contributed by atoms with Crippen LogP contribution in [0.5, 0.6) is 0 Å². The number of carbonyl (C=O) groups excluding carboxylic acids is 1. The summed E-state index contributed by atoms with van der Waals surface area (Å²) in [5, 5.41) is 7.31. The fourth-order valence-electron chi connectivity index (χ4n) is 2.92. The molecule has 2 fully saturated rings. The number of hydrogen-bond donors (Lipinski definition) is 1. The molecule has 1 N–H and O–H groups in total. The van der Waals surface area contributed by atoms with Gasteiger partial charge in [0.2, 0.25) is 5.91 Å². The Bertz CT molecular complexity index is 434. The predicted octanol–water partition coefficient (Wildman–Crippen LogP) is 1.60. The number of hydrogen-bond acceptors (Lipinski definition) is 3. The normalized spacial score (nSPS) is 24.3. The van der Waals surface area contributed by atoms with Gasteiger partial charge in [-0.3, -0.25) is 9.48 Å². The summed E-state index contributed by atoms with van der Waals surface area (Å²) < 4.78 is 7.33. The van der Waals surface area contributed by atoms with Gasteiger partial charge in [0.25, 0.3) is 0 Å². The van der Waals surface area contributed by atoms with E-state index in [2.05, 4.69) is 10.4 Å². The largest absolute Gasteiger partial charge is 0.381 e. The molecule has 3 rings (SSSR count). The molecule has 0 aromatic carbocycles. The van der Waals surface area contributed by atoms with Gasteiger partial charge in [-0.05, 0) is 44.1 Å². The molecule has 1 saturated heterocycles. The lowest BCUT2D eigenvalue weighted by Crippen LogP contribution is -2.36. The van der Waals surface area contributed by atoms with Crippen LogP contribution in [0.15, 0.2) is 18.5 Å². The first-order valence-corrected chi connectivity index (χ1v) is 7.62. The van der Waals surface area contributed by atoms with Crippen molar-refractivity contribution in [1.29, 1.82) is 0 Å². The van der Waals surface area contributed by atoms with Crippen LogP contribution < -0.4 is 5.32 Å². The predicted molar refractivity (Wildman–Crippen MR) is 75.1 cm³/mol. The summed E-state index contributed by atoms with van der Waals surface area (Å²) >= 11 is 0. The molecule has 110 valence electrons. The van der Waals surface area contributed by atoms with Crippen molar-refractivity contribution in [3.63, 3.8) is 0 Å². The molecule has 1 aliphatic carbocycles. The van der Waals surface area contributed by atoms with Crippen LogP contribution in [0.1, 0.15) is 32.1 Å².